The van der Waals surface area contributed by atoms with Crippen LogP contribution in [0.3, 0.4) is 0 Å². The fourth-order valence-corrected chi connectivity index (χ4v) is 4.00. The first-order chi connectivity index (χ1) is 11.8. The molecule has 0 unspecified atom stereocenters. The van der Waals surface area contributed by atoms with Crippen LogP contribution >= 0.6 is 15.9 Å². The summed E-state index contributed by atoms with van der Waals surface area (Å²) >= 11 is 3.44. The second-order valence-electron chi connectivity index (χ2n) is 5.98. The second kappa shape index (κ2) is 7.31. The first-order valence-corrected chi connectivity index (χ1v) is 10.5. The third-order valence-electron chi connectivity index (χ3n) is 4.20. The quantitative estimate of drug-likeness (QED) is 0.750. The molecule has 1 aliphatic rings. The molecule has 0 spiro atoms. The highest BCUT2D eigenvalue weighted by Crippen LogP contribution is 2.24. The molecular formula is C17H19BrN2O4S. The molecule has 0 atom stereocenters. The Kier molecular flexibility index (Phi) is 5.31. The number of nitrogens with zero attached hydrogens (tertiary/aromatic N) is 2. The molecule has 25 heavy (non-hydrogen) atoms. The Balaban J connectivity index is 1.57. The van der Waals surface area contributed by atoms with Crippen molar-refractivity contribution >= 4 is 42.6 Å². The molecule has 0 aliphatic carbocycles. The molecule has 134 valence electrons. The van der Waals surface area contributed by atoms with Gasteiger partial charge in [-0.15, -0.1) is 0 Å². The minimum absolute atomic E-state index is 0.0547. The lowest BCUT2D eigenvalue weighted by atomic mass is 10.1. The molecule has 1 amide bonds. The normalized spacial score (nSPS) is 16.2. The second-order valence-corrected chi connectivity index (χ2v) is 8.88. The summed E-state index contributed by atoms with van der Waals surface area (Å²) in [5.74, 6) is 0.502. The molecular weight excluding hydrogens is 408 g/mol. The van der Waals surface area contributed by atoms with E-state index in [1.165, 1.54) is 10.6 Å². The van der Waals surface area contributed by atoms with E-state index in [-0.39, 0.29) is 12.5 Å². The monoisotopic (exact) mass is 426 g/mol. The summed E-state index contributed by atoms with van der Waals surface area (Å²) in [6.45, 7) is 1.38. The van der Waals surface area contributed by atoms with Gasteiger partial charge < -0.3 is 9.64 Å². The standard InChI is InChI=1S/C17H19BrN2O4S/c1-25(22,23)20-8-6-19(7-9-20)17(21)12-24-16-5-3-13-10-15(18)4-2-14(13)11-16/h2-5,10-11H,6-9,12H2,1H3. The van der Waals surface area contributed by atoms with Gasteiger partial charge in [0.05, 0.1) is 6.26 Å². The number of piperazine rings is 1. The van der Waals surface area contributed by atoms with Crippen molar-refractivity contribution < 1.29 is 17.9 Å². The number of amides is 1. The number of fused-ring (bicyclic) bond motifs is 1. The van der Waals surface area contributed by atoms with E-state index in [0.29, 0.717) is 31.9 Å². The molecule has 0 bridgehead atoms. The molecule has 1 saturated heterocycles. The lowest BCUT2D eigenvalue weighted by Gasteiger charge is -2.33. The molecule has 1 aliphatic heterocycles. The Hall–Kier alpha value is -1.64. The van der Waals surface area contributed by atoms with Gasteiger partial charge in [-0.2, -0.15) is 4.31 Å². The van der Waals surface area contributed by atoms with Crippen molar-refractivity contribution in [2.75, 3.05) is 39.0 Å². The smallest absolute Gasteiger partial charge is 0.260 e. The topological polar surface area (TPSA) is 66.9 Å². The first kappa shape index (κ1) is 18.2. The van der Waals surface area contributed by atoms with Gasteiger partial charge in [0.25, 0.3) is 5.91 Å². The minimum atomic E-state index is -3.19. The molecule has 3 rings (SSSR count). The van der Waals surface area contributed by atoms with E-state index in [4.69, 9.17) is 4.74 Å². The van der Waals surface area contributed by atoms with Gasteiger partial charge in [0, 0.05) is 30.7 Å². The average Bonchev–Trinajstić information content (AvgIpc) is 2.59. The van der Waals surface area contributed by atoms with Crippen molar-refractivity contribution in [3.8, 4) is 5.75 Å². The van der Waals surface area contributed by atoms with E-state index in [9.17, 15) is 13.2 Å². The highest BCUT2D eigenvalue weighted by Gasteiger charge is 2.26. The van der Waals surface area contributed by atoms with Gasteiger partial charge >= 0.3 is 0 Å². The van der Waals surface area contributed by atoms with Gasteiger partial charge in [0.2, 0.25) is 10.0 Å². The molecule has 2 aromatic rings. The first-order valence-electron chi connectivity index (χ1n) is 7.88. The Bertz CT molecular complexity index is 893. The number of halogens is 1. The van der Waals surface area contributed by atoms with Crippen LogP contribution < -0.4 is 4.74 Å². The van der Waals surface area contributed by atoms with Crippen molar-refractivity contribution in [1.29, 1.82) is 0 Å². The summed E-state index contributed by atoms with van der Waals surface area (Å²) in [5, 5.41) is 2.12. The van der Waals surface area contributed by atoms with E-state index >= 15 is 0 Å². The summed E-state index contributed by atoms with van der Waals surface area (Å²) in [6.07, 6.45) is 1.19. The lowest BCUT2D eigenvalue weighted by Crippen LogP contribution is -2.51. The van der Waals surface area contributed by atoms with E-state index in [1.54, 1.807) is 4.90 Å². The third kappa shape index (κ3) is 4.50. The van der Waals surface area contributed by atoms with Crippen molar-refractivity contribution in [2.24, 2.45) is 0 Å². The number of carbonyl (C=O) groups excluding carboxylic acids is 1. The maximum Gasteiger partial charge on any atom is 0.260 e. The number of benzene rings is 2. The predicted molar refractivity (Wildman–Crippen MR) is 100 cm³/mol. The van der Waals surface area contributed by atoms with Crippen molar-refractivity contribution in [1.82, 2.24) is 9.21 Å². The van der Waals surface area contributed by atoms with E-state index in [1.807, 2.05) is 36.4 Å². The molecule has 0 aromatic heterocycles. The number of hydrogen-bond donors (Lipinski definition) is 0. The maximum absolute atomic E-state index is 12.3. The third-order valence-corrected chi connectivity index (χ3v) is 5.99. The predicted octanol–water partition coefficient (Wildman–Crippen LogP) is 2.08. The minimum Gasteiger partial charge on any atom is -0.484 e. The van der Waals surface area contributed by atoms with Gasteiger partial charge in [-0.05, 0) is 35.0 Å². The van der Waals surface area contributed by atoms with Crippen LogP contribution in [0.15, 0.2) is 40.9 Å². The van der Waals surface area contributed by atoms with Crippen LogP contribution in [-0.2, 0) is 14.8 Å². The molecule has 2 aromatic carbocycles. The number of sulfonamides is 1. The number of ether oxygens (including phenoxy) is 1. The Labute approximate surface area is 155 Å². The zero-order valence-electron chi connectivity index (χ0n) is 13.8. The molecule has 0 N–H and O–H groups in total. The van der Waals surface area contributed by atoms with Crippen LogP contribution in [0.25, 0.3) is 10.8 Å². The molecule has 0 radical (unpaired) electrons. The molecule has 8 heteroatoms. The molecule has 1 heterocycles. The van der Waals surface area contributed by atoms with E-state index in [2.05, 4.69) is 15.9 Å². The fraction of sp³-hybridized carbons (Fsp3) is 0.353. The van der Waals surface area contributed by atoms with Gasteiger partial charge in [-0.25, -0.2) is 8.42 Å². The fourth-order valence-electron chi connectivity index (χ4n) is 2.79. The summed E-state index contributed by atoms with van der Waals surface area (Å²) in [4.78, 5) is 13.9. The number of carbonyl (C=O) groups is 1. The van der Waals surface area contributed by atoms with Gasteiger partial charge in [0.15, 0.2) is 6.61 Å². The van der Waals surface area contributed by atoms with Crippen molar-refractivity contribution in [3.63, 3.8) is 0 Å². The van der Waals surface area contributed by atoms with E-state index < -0.39 is 10.0 Å². The van der Waals surface area contributed by atoms with Crippen LogP contribution in [0.5, 0.6) is 5.75 Å². The average molecular weight is 427 g/mol. The van der Waals surface area contributed by atoms with Gasteiger partial charge in [-0.3, -0.25) is 4.79 Å². The zero-order valence-corrected chi connectivity index (χ0v) is 16.2. The SMILES string of the molecule is CS(=O)(=O)N1CCN(C(=O)COc2ccc3cc(Br)ccc3c2)CC1. The Morgan fingerprint density at radius 1 is 1.08 bits per heavy atom. The summed E-state index contributed by atoms with van der Waals surface area (Å²) in [6, 6.07) is 11.6. The van der Waals surface area contributed by atoms with Gasteiger partial charge in [0.1, 0.15) is 5.75 Å². The van der Waals surface area contributed by atoms with Crippen LogP contribution in [0.2, 0.25) is 0 Å². The van der Waals surface area contributed by atoms with Crippen molar-refractivity contribution in [2.45, 2.75) is 0 Å². The van der Waals surface area contributed by atoms with E-state index in [0.717, 1.165) is 15.2 Å². The molecule has 6 nitrogen and oxygen atoms in total. The largest absolute Gasteiger partial charge is 0.484 e. The summed E-state index contributed by atoms with van der Waals surface area (Å²) in [7, 11) is -3.19. The van der Waals surface area contributed by atoms with Crippen LogP contribution in [-0.4, -0.2) is 62.6 Å². The highest BCUT2D eigenvalue weighted by atomic mass is 79.9. The number of rotatable bonds is 4. The number of hydrogen-bond acceptors (Lipinski definition) is 4. The lowest BCUT2D eigenvalue weighted by molar-refractivity contribution is -0.134. The van der Waals surface area contributed by atoms with Crippen LogP contribution in [0.1, 0.15) is 0 Å². The van der Waals surface area contributed by atoms with Gasteiger partial charge in [-0.1, -0.05) is 28.1 Å². The van der Waals surface area contributed by atoms with Crippen LogP contribution in [0.4, 0.5) is 0 Å². The Morgan fingerprint density at radius 2 is 1.72 bits per heavy atom. The summed E-state index contributed by atoms with van der Waals surface area (Å²) < 4.78 is 31.0. The molecule has 1 fully saturated rings. The highest BCUT2D eigenvalue weighted by molar-refractivity contribution is 9.10. The molecule has 0 saturated carbocycles. The zero-order chi connectivity index (χ0) is 18.0. The maximum atomic E-state index is 12.3. The van der Waals surface area contributed by atoms with Crippen molar-refractivity contribution in [3.05, 3.63) is 40.9 Å². The van der Waals surface area contributed by atoms with Crippen LogP contribution in [0, 0.1) is 0 Å². The Morgan fingerprint density at radius 3 is 2.40 bits per heavy atom. The summed E-state index contributed by atoms with van der Waals surface area (Å²) in [5.41, 5.74) is 0.